The summed E-state index contributed by atoms with van der Waals surface area (Å²) in [5.74, 6) is -0.808. The SMILES string of the molecule is CCCCCCCCCCCCCCCCCCCCCC(=O)OC[C@H](COP(=O)(O)OCCN)OC(=O)CCCCCCCCCCCCCCCCCC. The Balaban J connectivity index is 4.02. The molecule has 10 heteroatoms. The van der Waals surface area contributed by atoms with Crippen molar-refractivity contribution in [1.82, 2.24) is 0 Å². The van der Waals surface area contributed by atoms with Crippen LogP contribution in [0.1, 0.15) is 251 Å². The molecule has 3 N–H and O–H groups in total. The minimum absolute atomic E-state index is 0.0583. The molecule has 0 aromatic carbocycles. The molecule has 0 aliphatic rings. The molecule has 0 amide bonds. The zero-order chi connectivity index (χ0) is 41.1. The van der Waals surface area contributed by atoms with Crippen molar-refractivity contribution in [3.63, 3.8) is 0 Å². The third-order valence-electron chi connectivity index (χ3n) is 10.7. The van der Waals surface area contributed by atoms with Gasteiger partial charge in [0.1, 0.15) is 6.61 Å². The highest BCUT2D eigenvalue weighted by molar-refractivity contribution is 7.47. The number of unbranched alkanes of at least 4 members (excludes halogenated alkanes) is 33. The van der Waals surface area contributed by atoms with Gasteiger partial charge in [0.05, 0.1) is 13.2 Å². The summed E-state index contributed by atoms with van der Waals surface area (Å²) < 4.78 is 32.9. The van der Waals surface area contributed by atoms with Crippen molar-refractivity contribution >= 4 is 19.8 Å². The highest BCUT2D eigenvalue weighted by Crippen LogP contribution is 2.43. The molecule has 0 spiro atoms. The molecule has 2 atom stereocenters. The van der Waals surface area contributed by atoms with E-state index in [2.05, 4.69) is 13.8 Å². The van der Waals surface area contributed by atoms with E-state index in [0.29, 0.717) is 6.42 Å². The highest BCUT2D eigenvalue weighted by atomic mass is 31.2. The Bertz CT molecular complexity index is 891. The molecule has 0 aliphatic carbocycles. The lowest BCUT2D eigenvalue weighted by atomic mass is 10.0. The third-order valence-corrected chi connectivity index (χ3v) is 11.7. The molecule has 0 radical (unpaired) electrons. The van der Waals surface area contributed by atoms with Crippen molar-refractivity contribution in [2.45, 2.75) is 258 Å². The van der Waals surface area contributed by atoms with E-state index in [0.717, 1.165) is 32.1 Å². The van der Waals surface area contributed by atoms with Gasteiger partial charge in [0, 0.05) is 19.4 Å². The van der Waals surface area contributed by atoms with Crippen LogP contribution in [0.5, 0.6) is 0 Å². The van der Waals surface area contributed by atoms with Crippen molar-refractivity contribution in [3.8, 4) is 0 Å². The summed E-state index contributed by atoms with van der Waals surface area (Å²) in [6, 6.07) is 0. The lowest BCUT2D eigenvalue weighted by Crippen LogP contribution is -2.29. The molecule has 1 unspecified atom stereocenters. The minimum Gasteiger partial charge on any atom is -0.462 e. The number of carbonyl (C=O) groups excluding carboxylic acids is 2. The van der Waals surface area contributed by atoms with E-state index < -0.39 is 26.5 Å². The Morgan fingerprint density at radius 2 is 0.768 bits per heavy atom. The smallest absolute Gasteiger partial charge is 0.462 e. The Kier molecular flexibility index (Phi) is 42.8. The predicted molar refractivity (Wildman–Crippen MR) is 234 cm³/mol. The van der Waals surface area contributed by atoms with Gasteiger partial charge < -0.3 is 20.1 Å². The van der Waals surface area contributed by atoms with Crippen LogP contribution in [0.15, 0.2) is 0 Å². The second kappa shape index (κ2) is 43.6. The minimum atomic E-state index is -4.37. The first kappa shape index (κ1) is 55.0. The first-order valence-electron chi connectivity index (χ1n) is 24.0. The number of ether oxygens (including phenoxy) is 2. The number of rotatable bonds is 46. The molecule has 0 aromatic rings. The highest BCUT2D eigenvalue weighted by Gasteiger charge is 2.26. The van der Waals surface area contributed by atoms with Gasteiger partial charge in [-0.25, -0.2) is 4.57 Å². The quantitative estimate of drug-likeness (QED) is 0.0350. The fraction of sp³-hybridized carbons (Fsp3) is 0.957. The first-order valence-corrected chi connectivity index (χ1v) is 25.5. The van der Waals surface area contributed by atoms with Crippen LogP contribution in [0.3, 0.4) is 0 Å². The first-order chi connectivity index (χ1) is 27.3. The van der Waals surface area contributed by atoms with Crippen molar-refractivity contribution in [2.75, 3.05) is 26.4 Å². The molecular weight excluding hydrogens is 725 g/mol. The summed E-state index contributed by atoms with van der Waals surface area (Å²) >= 11 is 0. The van der Waals surface area contributed by atoms with E-state index in [4.69, 9.17) is 24.3 Å². The van der Waals surface area contributed by atoms with Crippen LogP contribution in [-0.2, 0) is 32.7 Å². The van der Waals surface area contributed by atoms with Crippen LogP contribution in [0.25, 0.3) is 0 Å². The number of phosphoric acid groups is 1. The van der Waals surface area contributed by atoms with Gasteiger partial charge in [0.15, 0.2) is 6.10 Å². The maximum Gasteiger partial charge on any atom is 0.472 e. The van der Waals surface area contributed by atoms with Crippen LogP contribution in [0, 0.1) is 0 Å². The maximum absolute atomic E-state index is 12.6. The van der Waals surface area contributed by atoms with Crippen LogP contribution in [0.4, 0.5) is 0 Å². The van der Waals surface area contributed by atoms with E-state index in [1.807, 2.05) is 0 Å². The molecule has 0 aromatic heterocycles. The molecule has 0 heterocycles. The van der Waals surface area contributed by atoms with Gasteiger partial charge in [-0.2, -0.15) is 0 Å². The predicted octanol–water partition coefficient (Wildman–Crippen LogP) is 14.0. The molecule has 334 valence electrons. The summed E-state index contributed by atoms with van der Waals surface area (Å²) in [5, 5.41) is 0. The van der Waals surface area contributed by atoms with Gasteiger partial charge in [-0.05, 0) is 12.8 Å². The monoisotopic (exact) mass is 818 g/mol. The van der Waals surface area contributed by atoms with E-state index in [-0.39, 0.29) is 38.6 Å². The summed E-state index contributed by atoms with van der Waals surface area (Å²) in [4.78, 5) is 35.0. The Labute approximate surface area is 346 Å². The normalized spacial score (nSPS) is 13.1. The fourth-order valence-electron chi connectivity index (χ4n) is 7.17. The van der Waals surface area contributed by atoms with Gasteiger partial charge in [-0.3, -0.25) is 18.6 Å². The number of hydrogen-bond donors (Lipinski definition) is 2. The van der Waals surface area contributed by atoms with Gasteiger partial charge in [-0.1, -0.05) is 226 Å². The molecule has 0 aliphatic heterocycles. The van der Waals surface area contributed by atoms with Crippen LogP contribution < -0.4 is 5.73 Å². The zero-order valence-electron chi connectivity index (χ0n) is 36.9. The average molecular weight is 818 g/mol. The molecule has 56 heavy (non-hydrogen) atoms. The summed E-state index contributed by atoms with van der Waals surface area (Å²) in [5.41, 5.74) is 5.36. The second-order valence-corrected chi connectivity index (χ2v) is 17.8. The van der Waals surface area contributed by atoms with Crippen LogP contribution in [-0.4, -0.2) is 49.3 Å². The topological polar surface area (TPSA) is 134 Å². The molecular formula is C46H92NO8P. The third kappa shape index (κ3) is 42.6. The standard InChI is InChI=1S/C46H92NO8P/c1-3-5-7-9-11-13-15-17-19-21-22-23-25-26-28-30-32-34-36-38-45(48)52-42-44(43-54-56(50,51)53-41-40-47)55-46(49)39-37-35-33-31-29-27-24-20-18-16-14-12-10-8-6-4-2/h44H,3-43,47H2,1-2H3,(H,50,51)/t44-/m1/s1. The van der Waals surface area contributed by atoms with E-state index >= 15 is 0 Å². The van der Waals surface area contributed by atoms with Crippen molar-refractivity contribution in [1.29, 1.82) is 0 Å². The van der Waals surface area contributed by atoms with Crippen molar-refractivity contribution < 1.29 is 37.6 Å². The summed E-state index contributed by atoms with van der Waals surface area (Å²) in [7, 11) is -4.37. The fourth-order valence-corrected chi connectivity index (χ4v) is 7.93. The molecule has 0 rings (SSSR count). The number of nitrogens with two attached hydrogens (primary N) is 1. The van der Waals surface area contributed by atoms with Crippen LogP contribution >= 0.6 is 7.82 Å². The van der Waals surface area contributed by atoms with E-state index in [1.54, 1.807) is 0 Å². The Morgan fingerprint density at radius 1 is 0.464 bits per heavy atom. The van der Waals surface area contributed by atoms with Gasteiger partial charge in [0.2, 0.25) is 0 Å². The Morgan fingerprint density at radius 3 is 1.09 bits per heavy atom. The maximum atomic E-state index is 12.6. The largest absolute Gasteiger partial charge is 0.472 e. The molecule has 0 saturated carbocycles. The van der Waals surface area contributed by atoms with Gasteiger partial charge in [-0.15, -0.1) is 0 Å². The van der Waals surface area contributed by atoms with Gasteiger partial charge in [0.25, 0.3) is 0 Å². The lowest BCUT2D eigenvalue weighted by Gasteiger charge is -2.19. The summed E-state index contributed by atoms with van der Waals surface area (Å²) in [6.45, 7) is 3.79. The molecule has 0 fully saturated rings. The van der Waals surface area contributed by atoms with Gasteiger partial charge >= 0.3 is 19.8 Å². The number of hydrogen-bond acceptors (Lipinski definition) is 8. The second-order valence-electron chi connectivity index (χ2n) is 16.3. The average Bonchev–Trinajstić information content (AvgIpc) is 3.18. The summed E-state index contributed by atoms with van der Waals surface area (Å²) in [6.07, 6.45) is 44.2. The molecule has 9 nitrogen and oxygen atoms in total. The van der Waals surface area contributed by atoms with Crippen molar-refractivity contribution in [3.05, 3.63) is 0 Å². The molecule has 0 saturated heterocycles. The van der Waals surface area contributed by atoms with E-state index in [1.165, 1.54) is 186 Å². The van der Waals surface area contributed by atoms with E-state index in [9.17, 15) is 19.0 Å². The zero-order valence-corrected chi connectivity index (χ0v) is 37.8. The van der Waals surface area contributed by atoms with Crippen molar-refractivity contribution in [2.24, 2.45) is 5.73 Å². The number of carbonyl (C=O) groups is 2. The van der Waals surface area contributed by atoms with Crippen LogP contribution in [0.2, 0.25) is 0 Å². The molecule has 0 bridgehead atoms. The number of phosphoric ester groups is 1. The Hall–Kier alpha value is -0.990. The lowest BCUT2D eigenvalue weighted by molar-refractivity contribution is -0.161. The number of esters is 2.